The number of hydrogen-bond donors (Lipinski definition) is 1. The Hall–Kier alpha value is -2.64. The summed E-state index contributed by atoms with van der Waals surface area (Å²) in [5.41, 5.74) is 2.83. The van der Waals surface area contributed by atoms with E-state index in [4.69, 9.17) is 4.74 Å². The van der Waals surface area contributed by atoms with E-state index in [2.05, 4.69) is 20.2 Å². The normalized spacial score (nSPS) is 19.3. The molecule has 2 aromatic heterocycles. The van der Waals surface area contributed by atoms with Gasteiger partial charge in [0.25, 0.3) is 5.91 Å². The van der Waals surface area contributed by atoms with Gasteiger partial charge in [0.05, 0.1) is 6.54 Å². The van der Waals surface area contributed by atoms with Crippen molar-refractivity contribution in [2.75, 3.05) is 32.1 Å². The summed E-state index contributed by atoms with van der Waals surface area (Å²) in [4.78, 5) is 25.0. The van der Waals surface area contributed by atoms with Crippen molar-refractivity contribution in [1.82, 2.24) is 25.1 Å². The van der Waals surface area contributed by atoms with Crippen LogP contribution in [0, 0.1) is 0 Å². The maximum absolute atomic E-state index is 12.9. The van der Waals surface area contributed by atoms with Gasteiger partial charge in [-0.05, 0) is 25.7 Å². The first-order valence-electron chi connectivity index (χ1n) is 9.13. The van der Waals surface area contributed by atoms with Gasteiger partial charge in [-0.2, -0.15) is 5.10 Å². The molecule has 1 saturated heterocycles. The number of likely N-dealkylation sites (tertiary alicyclic amines) is 1. The second-order valence-electron chi connectivity index (χ2n) is 7.13. The van der Waals surface area contributed by atoms with Crippen molar-refractivity contribution >= 4 is 11.7 Å². The summed E-state index contributed by atoms with van der Waals surface area (Å²) in [6, 6.07) is 1.81. The van der Waals surface area contributed by atoms with Gasteiger partial charge < -0.3 is 14.5 Å². The van der Waals surface area contributed by atoms with Gasteiger partial charge in [0.1, 0.15) is 18.2 Å². The largest absolute Gasteiger partial charge is 0.472 e. The molecule has 0 bridgehead atoms. The van der Waals surface area contributed by atoms with Gasteiger partial charge in [-0.3, -0.25) is 9.89 Å². The summed E-state index contributed by atoms with van der Waals surface area (Å²) >= 11 is 0. The molecule has 1 atom stereocenters. The first kappa shape index (κ1) is 16.8. The predicted molar refractivity (Wildman–Crippen MR) is 96.5 cm³/mol. The van der Waals surface area contributed by atoms with E-state index in [1.165, 1.54) is 6.33 Å². The average Bonchev–Trinajstić information content (AvgIpc) is 3.28. The molecule has 3 heterocycles. The number of fused-ring (bicyclic) bond motifs is 1. The zero-order chi connectivity index (χ0) is 18.1. The Kier molecular flexibility index (Phi) is 4.48. The standard InChI is InChI=1S/C18H24N6O2/c1-23(2)15-9-16(20-11-19-15)26-12-7-8-24(10-12)18(25)17-13-5-3-4-6-14(13)21-22-17/h9,11-12H,3-8,10H2,1-2H3,(H,21,22). The van der Waals surface area contributed by atoms with E-state index in [1.807, 2.05) is 30.0 Å². The molecule has 1 fully saturated rings. The molecule has 2 aliphatic rings. The number of aromatic amines is 1. The SMILES string of the molecule is CN(C)c1cc(OC2CCN(C(=O)c3n[nH]c4c3CCCC4)C2)ncn1. The highest BCUT2D eigenvalue weighted by Gasteiger charge is 2.32. The minimum absolute atomic E-state index is 0.00664. The van der Waals surface area contributed by atoms with E-state index in [0.29, 0.717) is 24.7 Å². The fraction of sp³-hybridized carbons (Fsp3) is 0.556. The molecular formula is C18H24N6O2. The molecule has 0 aromatic carbocycles. The number of anilines is 1. The first-order valence-corrected chi connectivity index (χ1v) is 9.13. The summed E-state index contributed by atoms with van der Waals surface area (Å²) in [5.74, 6) is 1.34. The second-order valence-corrected chi connectivity index (χ2v) is 7.13. The fourth-order valence-electron chi connectivity index (χ4n) is 3.63. The van der Waals surface area contributed by atoms with Gasteiger partial charge >= 0.3 is 0 Å². The Labute approximate surface area is 152 Å². The van der Waals surface area contributed by atoms with Crippen LogP contribution in [0.25, 0.3) is 0 Å². The monoisotopic (exact) mass is 356 g/mol. The van der Waals surface area contributed by atoms with Crippen LogP contribution in [0.3, 0.4) is 0 Å². The molecule has 138 valence electrons. The third-order valence-electron chi connectivity index (χ3n) is 5.06. The van der Waals surface area contributed by atoms with E-state index >= 15 is 0 Å². The van der Waals surface area contributed by atoms with Gasteiger partial charge in [-0.25, -0.2) is 9.97 Å². The molecule has 1 aliphatic heterocycles. The number of nitrogens with zero attached hydrogens (tertiary/aromatic N) is 5. The molecule has 1 unspecified atom stereocenters. The highest BCUT2D eigenvalue weighted by molar-refractivity contribution is 5.94. The maximum atomic E-state index is 12.9. The molecule has 0 spiro atoms. The first-order chi connectivity index (χ1) is 12.6. The van der Waals surface area contributed by atoms with Gasteiger partial charge in [-0.15, -0.1) is 0 Å². The Morgan fingerprint density at radius 1 is 1.31 bits per heavy atom. The lowest BCUT2D eigenvalue weighted by Crippen LogP contribution is -2.32. The topological polar surface area (TPSA) is 87.2 Å². The van der Waals surface area contributed by atoms with Gasteiger partial charge in [0.2, 0.25) is 5.88 Å². The van der Waals surface area contributed by atoms with Crippen molar-refractivity contribution in [3.63, 3.8) is 0 Å². The minimum atomic E-state index is -0.0568. The van der Waals surface area contributed by atoms with Crippen LogP contribution in [0.5, 0.6) is 5.88 Å². The second kappa shape index (κ2) is 6.93. The van der Waals surface area contributed by atoms with E-state index < -0.39 is 0 Å². The fourth-order valence-corrected chi connectivity index (χ4v) is 3.63. The zero-order valence-electron chi connectivity index (χ0n) is 15.2. The van der Waals surface area contributed by atoms with Crippen molar-refractivity contribution in [3.8, 4) is 5.88 Å². The summed E-state index contributed by atoms with van der Waals surface area (Å²) in [5, 5.41) is 7.35. The number of nitrogens with one attached hydrogen (secondary N) is 1. The lowest BCUT2D eigenvalue weighted by Gasteiger charge is -2.18. The molecule has 0 saturated carbocycles. The lowest BCUT2D eigenvalue weighted by atomic mass is 9.95. The quantitative estimate of drug-likeness (QED) is 0.892. The Morgan fingerprint density at radius 2 is 2.15 bits per heavy atom. The van der Waals surface area contributed by atoms with Gasteiger partial charge in [-0.1, -0.05) is 0 Å². The van der Waals surface area contributed by atoms with E-state index in [9.17, 15) is 4.79 Å². The molecule has 2 aromatic rings. The number of H-pyrrole nitrogens is 1. The lowest BCUT2D eigenvalue weighted by molar-refractivity contribution is 0.0764. The Bertz CT molecular complexity index is 803. The minimum Gasteiger partial charge on any atom is -0.472 e. The third-order valence-corrected chi connectivity index (χ3v) is 5.06. The average molecular weight is 356 g/mol. The zero-order valence-corrected chi connectivity index (χ0v) is 15.2. The number of ether oxygens (including phenoxy) is 1. The molecule has 26 heavy (non-hydrogen) atoms. The van der Waals surface area contributed by atoms with E-state index in [1.54, 1.807) is 0 Å². The smallest absolute Gasteiger partial charge is 0.274 e. The number of aryl methyl sites for hydroxylation is 1. The number of amides is 1. The number of carbonyl (C=O) groups excluding carboxylic acids is 1. The van der Waals surface area contributed by atoms with Gasteiger partial charge in [0, 0.05) is 44.4 Å². The van der Waals surface area contributed by atoms with Crippen LogP contribution >= 0.6 is 0 Å². The maximum Gasteiger partial charge on any atom is 0.274 e. The van der Waals surface area contributed by atoms with Crippen molar-refractivity contribution in [2.24, 2.45) is 0 Å². The van der Waals surface area contributed by atoms with Crippen molar-refractivity contribution in [1.29, 1.82) is 0 Å². The molecule has 1 N–H and O–H groups in total. The predicted octanol–water partition coefficient (Wildman–Crippen LogP) is 1.44. The highest BCUT2D eigenvalue weighted by Crippen LogP contribution is 2.25. The van der Waals surface area contributed by atoms with Crippen LogP contribution in [-0.4, -0.2) is 64.3 Å². The number of hydrogen-bond acceptors (Lipinski definition) is 6. The van der Waals surface area contributed by atoms with E-state index in [0.717, 1.165) is 49.2 Å². The molecule has 0 radical (unpaired) electrons. The molecule has 1 aliphatic carbocycles. The Morgan fingerprint density at radius 3 is 3.00 bits per heavy atom. The van der Waals surface area contributed by atoms with Crippen LogP contribution in [0.2, 0.25) is 0 Å². The molecule has 8 nitrogen and oxygen atoms in total. The van der Waals surface area contributed by atoms with Crippen molar-refractivity contribution in [3.05, 3.63) is 29.3 Å². The van der Waals surface area contributed by atoms with Crippen LogP contribution in [0.15, 0.2) is 12.4 Å². The van der Waals surface area contributed by atoms with Crippen LogP contribution in [0.1, 0.15) is 41.0 Å². The Balaban J connectivity index is 1.41. The number of carbonyl (C=O) groups is 1. The summed E-state index contributed by atoms with van der Waals surface area (Å²) in [7, 11) is 3.85. The summed E-state index contributed by atoms with van der Waals surface area (Å²) < 4.78 is 5.98. The molecule has 1 amide bonds. The summed E-state index contributed by atoms with van der Waals surface area (Å²) in [6.45, 7) is 1.23. The van der Waals surface area contributed by atoms with E-state index in [-0.39, 0.29) is 12.0 Å². The van der Waals surface area contributed by atoms with Crippen molar-refractivity contribution < 1.29 is 9.53 Å². The molecular weight excluding hydrogens is 332 g/mol. The third kappa shape index (κ3) is 3.23. The van der Waals surface area contributed by atoms with Crippen molar-refractivity contribution in [2.45, 2.75) is 38.2 Å². The van der Waals surface area contributed by atoms with Crippen LogP contribution in [0.4, 0.5) is 5.82 Å². The molecule has 4 rings (SSSR count). The van der Waals surface area contributed by atoms with Crippen LogP contribution < -0.4 is 9.64 Å². The van der Waals surface area contributed by atoms with Crippen LogP contribution in [-0.2, 0) is 12.8 Å². The highest BCUT2D eigenvalue weighted by atomic mass is 16.5. The summed E-state index contributed by atoms with van der Waals surface area (Å²) in [6.07, 6.45) is 6.45. The number of aromatic nitrogens is 4. The van der Waals surface area contributed by atoms with Gasteiger partial charge in [0.15, 0.2) is 5.69 Å². The number of rotatable bonds is 4. The molecule has 8 heteroatoms.